The van der Waals surface area contributed by atoms with Crippen molar-refractivity contribution in [3.63, 3.8) is 0 Å². The number of ketones is 1. The Kier molecular flexibility index (Phi) is 8.84. The SMILES string of the molecule is CC(=O)O[C@H]1C=CC[C@@H]2C(=O)[C@H](OC(=O)C(C)(C)C)[C@H]3[C@@H]4[C@@H](O)[C@@H]5[C@H]([C@H](C)[C@H]6O[C@]67OC(=O)[C@@](C)(OC(=O)C(C)(C)C)[C@]57C)[C@@]4(C)[C@@H](OC(C)=O)[C@@H](C)[C@@H]3[C@@]12C. The quantitative estimate of drug-likeness (QED) is 0.179. The molecule has 4 saturated carbocycles. The smallest absolute Gasteiger partial charge is 0.353 e. The van der Waals surface area contributed by atoms with E-state index in [1.165, 1.54) is 20.8 Å². The predicted molar refractivity (Wildman–Crippen MR) is 196 cm³/mol. The van der Waals surface area contributed by atoms with Gasteiger partial charge in [0.25, 0.3) is 5.79 Å². The Bertz CT molecular complexity index is 1810. The summed E-state index contributed by atoms with van der Waals surface area (Å²) in [7, 11) is 0. The maximum absolute atomic E-state index is 15.2. The molecule has 5 aliphatic carbocycles. The van der Waals surface area contributed by atoms with Crippen LogP contribution >= 0.6 is 0 Å². The molecule has 7 aliphatic rings. The molecule has 1 spiro atoms. The second kappa shape index (κ2) is 12.1. The maximum atomic E-state index is 15.2. The van der Waals surface area contributed by atoms with Gasteiger partial charge in [-0.2, -0.15) is 0 Å². The third-order valence-electron chi connectivity index (χ3n) is 15.8. The molecule has 2 saturated heterocycles. The molecule has 13 nitrogen and oxygen atoms in total. The summed E-state index contributed by atoms with van der Waals surface area (Å²) in [5.74, 6) is -10.4. The Labute approximate surface area is 329 Å². The minimum Gasteiger partial charge on any atom is -0.462 e. The van der Waals surface area contributed by atoms with E-state index >= 15 is 4.79 Å². The van der Waals surface area contributed by atoms with E-state index in [2.05, 4.69) is 0 Å². The predicted octanol–water partition coefficient (Wildman–Crippen LogP) is 4.74. The molecule has 2 aliphatic heterocycles. The summed E-state index contributed by atoms with van der Waals surface area (Å²) < 4.78 is 37.6. The summed E-state index contributed by atoms with van der Waals surface area (Å²) >= 11 is 0. The van der Waals surface area contributed by atoms with Crippen molar-refractivity contribution in [3.8, 4) is 0 Å². The highest BCUT2D eigenvalue weighted by Crippen LogP contribution is 2.81. The lowest BCUT2D eigenvalue weighted by Crippen LogP contribution is -2.71. The van der Waals surface area contributed by atoms with Crippen LogP contribution in [0.4, 0.5) is 0 Å². The van der Waals surface area contributed by atoms with E-state index in [-0.39, 0.29) is 5.78 Å². The van der Waals surface area contributed by atoms with Gasteiger partial charge in [-0.15, -0.1) is 0 Å². The van der Waals surface area contributed by atoms with Gasteiger partial charge < -0.3 is 33.5 Å². The summed E-state index contributed by atoms with van der Waals surface area (Å²) in [5, 5.41) is 13.4. The summed E-state index contributed by atoms with van der Waals surface area (Å²) in [6.45, 7) is 23.9. The van der Waals surface area contributed by atoms with Gasteiger partial charge in [0.2, 0.25) is 5.60 Å². The van der Waals surface area contributed by atoms with E-state index in [1.54, 1.807) is 54.5 Å². The van der Waals surface area contributed by atoms with Gasteiger partial charge in [-0.25, -0.2) is 4.79 Å². The normalized spacial score (nSPS) is 49.8. The Balaban J connectivity index is 1.49. The third kappa shape index (κ3) is 4.91. The molecule has 0 aromatic rings. The van der Waals surface area contributed by atoms with Crippen LogP contribution in [-0.4, -0.2) is 82.6 Å². The standard InChI is InChI=1S/C43H60O13/c1-18-25-24(31(53-34(48)37(5,6)7)29(46)22-16-15-17-23(39(22,25)11)51-20(3)44)27-30(47)28-26(40(27,12)32(18)52-21(4)45)19(2)33-43(54-33)41(28,13)42(14,36(50)56-43)55-35(49)38(8,9)10/h15,17-19,22-28,30-33,47H,16H2,1-14H3/t18-,19-,22+,23-,24+,25-,26-,27+,28-,30+,31+,32-,33+,39+,40+,41-,42+,43-/m0/s1. The molecule has 310 valence electrons. The zero-order valence-electron chi connectivity index (χ0n) is 35.2. The summed E-state index contributed by atoms with van der Waals surface area (Å²) in [6, 6.07) is 0. The van der Waals surface area contributed by atoms with Crippen molar-refractivity contribution >= 4 is 35.6 Å². The minimum absolute atomic E-state index is 0.300. The Morgan fingerprint density at radius 3 is 1.93 bits per heavy atom. The van der Waals surface area contributed by atoms with Crippen molar-refractivity contribution in [2.24, 2.45) is 74.4 Å². The lowest BCUT2D eigenvalue weighted by atomic mass is 9.40. The van der Waals surface area contributed by atoms with Crippen LogP contribution in [0.3, 0.4) is 0 Å². The molecule has 7 rings (SSSR count). The zero-order chi connectivity index (χ0) is 41.8. The number of epoxide rings is 1. The number of carbonyl (C=O) groups excluding carboxylic acids is 6. The number of rotatable bonds is 4. The molecule has 6 fully saturated rings. The summed E-state index contributed by atoms with van der Waals surface area (Å²) in [5.41, 5.74) is -7.59. The van der Waals surface area contributed by atoms with E-state index in [0.717, 1.165) is 0 Å². The molecule has 13 heteroatoms. The molecule has 0 bridgehead atoms. The second-order valence-corrected chi connectivity index (χ2v) is 20.8. The fourth-order valence-electron chi connectivity index (χ4n) is 13.4. The topological polar surface area (TPSA) is 181 Å². The molecule has 0 amide bonds. The number of allylic oxidation sites excluding steroid dienone is 1. The number of hydrogen-bond donors (Lipinski definition) is 1. The molecule has 18 atom stereocenters. The van der Waals surface area contributed by atoms with E-state index in [0.29, 0.717) is 6.42 Å². The number of hydrogen-bond acceptors (Lipinski definition) is 13. The van der Waals surface area contributed by atoms with Crippen LogP contribution < -0.4 is 0 Å². The zero-order valence-corrected chi connectivity index (χ0v) is 35.2. The number of aliphatic hydroxyl groups is 1. The first-order valence-corrected chi connectivity index (χ1v) is 20.2. The molecular weight excluding hydrogens is 724 g/mol. The van der Waals surface area contributed by atoms with Gasteiger partial charge in [0.1, 0.15) is 18.3 Å². The molecule has 0 unspecified atom stereocenters. The highest BCUT2D eigenvalue weighted by atomic mass is 16.8. The minimum atomic E-state index is -1.92. The van der Waals surface area contributed by atoms with Crippen LogP contribution in [0.25, 0.3) is 0 Å². The van der Waals surface area contributed by atoms with Crippen LogP contribution in [0.15, 0.2) is 12.2 Å². The number of fused-ring (bicyclic) bond motifs is 8. The van der Waals surface area contributed by atoms with Crippen LogP contribution in [0.1, 0.15) is 103 Å². The Morgan fingerprint density at radius 1 is 0.786 bits per heavy atom. The van der Waals surface area contributed by atoms with E-state index in [4.69, 9.17) is 28.4 Å². The lowest BCUT2D eigenvalue weighted by Gasteiger charge is -2.65. The van der Waals surface area contributed by atoms with E-state index in [9.17, 15) is 29.1 Å². The first kappa shape index (κ1) is 40.9. The second-order valence-electron chi connectivity index (χ2n) is 20.8. The van der Waals surface area contributed by atoms with Gasteiger partial charge >= 0.3 is 29.8 Å². The van der Waals surface area contributed by atoms with Gasteiger partial charge in [0, 0.05) is 48.3 Å². The van der Waals surface area contributed by atoms with E-state index in [1.807, 2.05) is 33.8 Å². The third-order valence-corrected chi connectivity index (χ3v) is 15.8. The fourth-order valence-corrected chi connectivity index (χ4v) is 13.4. The maximum Gasteiger partial charge on any atom is 0.353 e. The van der Waals surface area contributed by atoms with Crippen molar-refractivity contribution in [3.05, 3.63) is 12.2 Å². The highest BCUT2D eigenvalue weighted by molar-refractivity contribution is 5.91. The van der Waals surface area contributed by atoms with Crippen molar-refractivity contribution in [2.75, 3.05) is 0 Å². The lowest BCUT2D eigenvalue weighted by molar-refractivity contribution is -0.250. The number of aliphatic hydroxyl groups excluding tert-OH is 1. The molecule has 0 radical (unpaired) electrons. The largest absolute Gasteiger partial charge is 0.462 e. The molecule has 0 aromatic carbocycles. The van der Waals surface area contributed by atoms with Crippen molar-refractivity contribution in [1.29, 1.82) is 0 Å². The molecule has 0 aromatic heterocycles. The van der Waals surface area contributed by atoms with Gasteiger partial charge in [-0.3, -0.25) is 24.0 Å². The van der Waals surface area contributed by atoms with Crippen LogP contribution in [0, 0.1) is 74.4 Å². The fraction of sp³-hybridized carbons (Fsp3) is 0.814. The van der Waals surface area contributed by atoms with E-state index < -0.39 is 146 Å². The monoisotopic (exact) mass is 784 g/mol. The Hall–Kier alpha value is -3.32. The van der Waals surface area contributed by atoms with Crippen molar-refractivity contribution in [2.45, 2.75) is 145 Å². The van der Waals surface area contributed by atoms with Gasteiger partial charge in [-0.05, 0) is 91.6 Å². The number of carbonyl (C=O) groups is 6. The number of esters is 5. The molecular formula is C43H60O13. The van der Waals surface area contributed by atoms with Gasteiger partial charge in [-0.1, -0.05) is 33.8 Å². The molecule has 1 N–H and O–H groups in total. The highest BCUT2D eigenvalue weighted by Gasteiger charge is 2.94. The van der Waals surface area contributed by atoms with Crippen LogP contribution in [0.2, 0.25) is 0 Å². The summed E-state index contributed by atoms with van der Waals surface area (Å²) in [6.07, 6.45) is -1.14. The van der Waals surface area contributed by atoms with Gasteiger partial charge in [0.05, 0.1) is 22.3 Å². The van der Waals surface area contributed by atoms with Crippen LogP contribution in [-0.2, 0) is 57.2 Å². The number of ether oxygens (including phenoxy) is 6. The van der Waals surface area contributed by atoms with Crippen molar-refractivity contribution in [1.82, 2.24) is 0 Å². The first-order valence-electron chi connectivity index (χ1n) is 20.2. The first-order chi connectivity index (χ1) is 25.6. The molecule has 2 heterocycles. The average Bonchev–Trinajstić information content (AvgIpc) is 3.71. The summed E-state index contributed by atoms with van der Waals surface area (Å²) in [4.78, 5) is 82.9. The molecule has 56 heavy (non-hydrogen) atoms. The van der Waals surface area contributed by atoms with Crippen LogP contribution in [0.5, 0.6) is 0 Å². The van der Waals surface area contributed by atoms with Gasteiger partial charge in [0.15, 0.2) is 11.9 Å². The Morgan fingerprint density at radius 2 is 1.38 bits per heavy atom. The number of Topliss-reactive ketones (excluding diaryl/α,β-unsaturated/α-hetero) is 1. The average molecular weight is 785 g/mol. The van der Waals surface area contributed by atoms with Crippen molar-refractivity contribution < 1.29 is 62.3 Å².